The molecule has 0 saturated carbocycles. The largest absolute Gasteiger partial charge is 0.484 e. The number of nitriles is 1. The highest BCUT2D eigenvalue weighted by Gasteiger charge is 2.14. The molecular weight excluding hydrogens is 332 g/mol. The average Bonchev–Trinajstić information content (AvgIpc) is 3.02. The van der Waals surface area contributed by atoms with Crippen molar-refractivity contribution in [1.82, 2.24) is 15.4 Å². The minimum atomic E-state index is -0.513. The van der Waals surface area contributed by atoms with E-state index in [1.54, 1.807) is 24.4 Å². The summed E-state index contributed by atoms with van der Waals surface area (Å²) in [4.78, 5) is 24.2. The van der Waals surface area contributed by atoms with Gasteiger partial charge < -0.3 is 9.30 Å². The van der Waals surface area contributed by atoms with E-state index in [4.69, 9.17) is 10.00 Å². The molecule has 130 valence electrons. The van der Waals surface area contributed by atoms with Crippen LogP contribution in [0.4, 0.5) is 0 Å². The van der Waals surface area contributed by atoms with Crippen molar-refractivity contribution in [2.24, 2.45) is 7.05 Å². The molecule has 1 heterocycles. The fraction of sp³-hybridized carbons (Fsp3) is 0.105. The molecule has 2 N–H and O–H groups in total. The first-order valence-corrected chi connectivity index (χ1v) is 7.84. The van der Waals surface area contributed by atoms with E-state index >= 15 is 0 Å². The third-order valence-corrected chi connectivity index (χ3v) is 3.79. The lowest BCUT2D eigenvalue weighted by molar-refractivity contribution is -0.123. The average molecular weight is 348 g/mol. The number of nitrogens with zero attached hydrogens (tertiary/aromatic N) is 2. The van der Waals surface area contributed by atoms with Gasteiger partial charge in [0, 0.05) is 24.1 Å². The van der Waals surface area contributed by atoms with Gasteiger partial charge in [0.15, 0.2) is 6.61 Å². The molecular formula is C19H16N4O3. The molecule has 3 rings (SSSR count). The molecule has 0 aliphatic heterocycles. The summed E-state index contributed by atoms with van der Waals surface area (Å²) in [6.07, 6.45) is 1.70. The molecule has 0 bridgehead atoms. The van der Waals surface area contributed by atoms with Crippen LogP contribution in [0.3, 0.4) is 0 Å². The van der Waals surface area contributed by atoms with Crippen molar-refractivity contribution >= 4 is 22.7 Å². The Morgan fingerprint density at radius 3 is 2.77 bits per heavy atom. The van der Waals surface area contributed by atoms with Crippen LogP contribution >= 0.6 is 0 Å². The quantitative estimate of drug-likeness (QED) is 0.704. The van der Waals surface area contributed by atoms with Crippen LogP contribution in [-0.4, -0.2) is 23.0 Å². The van der Waals surface area contributed by atoms with Crippen LogP contribution in [0.2, 0.25) is 0 Å². The number of para-hydroxylation sites is 1. The molecule has 26 heavy (non-hydrogen) atoms. The number of nitrogens with one attached hydrogen (secondary N) is 2. The van der Waals surface area contributed by atoms with Gasteiger partial charge in [-0.2, -0.15) is 5.26 Å². The topological polar surface area (TPSA) is 96.2 Å². The Labute approximate surface area is 149 Å². The Hall–Kier alpha value is -3.79. The first kappa shape index (κ1) is 17.0. The van der Waals surface area contributed by atoms with Gasteiger partial charge >= 0.3 is 0 Å². The highest BCUT2D eigenvalue weighted by molar-refractivity contribution is 6.07. The van der Waals surface area contributed by atoms with Gasteiger partial charge in [-0.15, -0.1) is 0 Å². The monoisotopic (exact) mass is 348 g/mol. The number of aromatic nitrogens is 1. The number of carbonyl (C=O) groups excluding carboxylic acids is 2. The lowest BCUT2D eigenvalue weighted by atomic mass is 10.2. The first-order chi connectivity index (χ1) is 12.6. The second-order valence-electron chi connectivity index (χ2n) is 5.60. The van der Waals surface area contributed by atoms with Crippen LogP contribution in [0.5, 0.6) is 5.75 Å². The molecule has 0 aliphatic rings. The van der Waals surface area contributed by atoms with Crippen LogP contribution in [0.25, 0.3) is 10.9 Å². The fourth-order valence-corrected chi connectivity index (χ4v) is 2.56. The van der Waals surface area contributed by atoms with E-state index in [0.29, 0.717) is 16.9 Å². The van der Waals surface area contributed by atoms with Gasteiger partial charge in [0.2, 0.25) is 0 Å². The van der Waals surface area contributed by atoms with Crippen LogP contribution < -0.4 is 15.6 Å². The Morgan fingerprint density at radius 1 is 1.15 bits per heavy atom. The van der Waals surface area contributed by atoms with E-state index in [9.17, 15) is 9.59 Å². The Balaban J connectivity index is 1.57. The number of fused-ring (bicyclic) bond motifs is 1. The molecule has 0 spiro atoms. The van der Waals surface area contributed by atoms with E-state index in [-0.39, 0.29) is 6.61 Å². The molecule has 7 heteroatoms. The number of carbonyl (C=O) groups is 2. The van der Waals surface area contributed by atoms with Crippen LogP contribution in [0.1, 0.15) is 15.9 Å². The standard InChI is InChI=1S/C19H16N4O3/c1-23-11-16(15-7-2-3-8-17(15)23)19(25)22-21-18(24)12-26-14-6-4-5-13(9-14)10-20/h2-9,11H,12H2,1H3,(H,21,24)(H,22,25). The summed E-state index contributed by atoms with van der Waals surface area (Å²) >= 11 is 0. The Bertz CT molecular complexity index is 1020. The van der Waals surface area contributed by atoms with Gasteiger partial charge in [0.1, 0.15) is 5.75 Å². The van der Waals surface area contributed by atoms with Crippen LogP contribution in [-0.2, 0) is 11.8 Å². The summed E-state index contributed by atoms with van der Waals surface area (Å²) in [6, 6.07) is 16.0. The molecule has 0 fully saturated rings. The zero-order valence-corrected chi connectivity index (χ0v) is 14.0. The van der Waals surface area contributed by atoms with E-state index < -0.39 is 11.8 Å². The lowest BCUT2D eigenvalue weighted by Crippen LogP contribution is -2.43. The number of hydrogen-bond donors (Lipinski definition) is 2. The normalized spacial score (nSPS) is 10.2. The second kappa shape index (κ2) is 7.40. The third-order valence-electron chi connectivity index (χ3n) is 3.79. The highest BCUT2D eigenvalue weighted by Crippen LogP contribution is 2.19. The van der Waals surface area contributed by atoms with E-state index in [0.717, 1.165) is 10.9 Å². The summed E-state index contributed by atoms with van der Waals surface area (Å²) in [5.41, 5.74) is 6.52. The number of rotatable bonds is 4. The molecule has 0 unspecified atom stereocenters. The molecule has 0 radical (unpaired) electrons. The first-order valence-electron chi connectivity index (χ1n) is 7.84. The number of amides is 2. The van der Waals surface area contributed by atoms with Crippen molar-refractivity contribution in [1.29, 1.82) is 5.26 Å². The predicted octanol–water partition coefficient (Wildman–Crippen LogP) is 1.89. The van der Waals surface area contributed by atoms with Crippen molar-refractivity contribution in [2.75, 3.05) is 6.61 Å². The highest BCUT2D eigenvalue weighted by atomic mass is 16.5. The smallest absolute Gasteiger partial charge is 0.276 e. The number of aryl methyl sites for hydroxylation is 1. The minimum Gasteiger partial charge on any atom is -0.484 e. The van der Waals surface area contributed by atoms with Crippen LogP contribution in [0, 0.1) is 11.3 Å². The van der Waals surface area contributed by atoms with Gasteiger partial charge in [-0.3, -0.25) is 20.4 Å². The number of hydrazine groups is 1. The Morgan fingerprint density at radius 2 is 1.96 bits per heavy atom. The zero-order valence-electron chi connectivity index (χ0n) is 14.0. The lowest BCUT2D eigenvalue weighted by Gasteiger charge is -2.08. The fourth-order valence-electron chi connectivity index (χ4n) is 2.56. The second-order valence-corrected chi connectivity index (χ2v) is 5.60. The summed E-state index contributed by atoms with van der Waals surface area (Å²) < 4.78 is 7.15. The molecule has 2 aromatic carbocycles. The molecule has 7 nitrogen and oxygen atoms in total. The van der Waals surface area contributed by atoms with Gasteiger partial charge in [-0.1, -0.05) is 24.3 Å². The third kappa shape index (κ3) is 3.65. The van der Waals surface area contributed by atoms with Crippen molar-refractivity contribution in [3.63, 3.8) is 0 Å². The van der Waals surface area contributed by atoms with Gasteiger partial charge in [-0.05, 0) is 24.3 Å². The molecule has 2 amide bonds. The molecule has 0 aliphatic carbocycles. The maximum Gasteiger partial charge on any atom is 0.276 e. The molecule has 0 atom stereocenters. The SMILES string of the molecule is Cn1cc(C(=O)NNC(=O)COc2cccc(C#N)c2)c2ccccc21. The van der Waals surface area contributed by atoms with E-state index in [2.05, 4.69) is 10.9 Å². The number of ether oxygens (including phenoxy) is 1. The Kier molecular flexibility index (Phi) is 4.85. The predicted molar refractivity (Wildman–Crippen MR) is 95.2 cm³/mol. The zero-order chi connectivity index (χ0) is 18.5. The minimum absolute atomic E-state index is 0.287. The van der Waals surface area contributed by atoms with E-state index in [1.165, 1.54) is 6.07 Å². The van der Waals surface area contributed by atoms with Crippen molar-refractivity contribution in [2.45, 2.75) is 0 Å². The van der Waals surface area contributed by atoms with Crippen molar-refractivity contribution < 1.29 is 14.3 Å². The van der Waals surface area contributed by atoms with Gasteiger partial charge in [-0.25, -0.2) is 0 Å². The van der Waals surface area contributed by atoms with Gasteiger partial charge in [0.25, 0.3) is 11.8 Å². The van der Waals surface area contributed by atoms with E-state index in [1.807, 2.05) is 41.9 Å². The summed E-state index contributed by atoms with van der Waals surface area (Å²) in [5.74, 6) is -0.526. The summed E-state index contributed by atoms with van der Waals surface area (Å²) in [7, 11) is 1.85. The molecule has 1 aromatic heterocycles. The molecule has 3 aromatic rings. The number of hydrogen-bond acceptors (Lipinski definition) is 4. The number of benzene rings is 2. The van der Waals surface area contributed by atoms with Crippen LogP contribution in [0.15, 0.2) is 54.7 Å². The maximum atomic E-state index is 12.3. The molecule has 0 saturated heterocycles. The maximum absolute atomic E-state index is 12.3. The van der Waals surface area contributed by atoms with Gasteiger partial charge in [0.05, 0.1) is 17.2 Å². The van der Waals surface area contributed by atoms with Crippen molar-refractivity contribution in [3.05, 3.63) is 65.9 Å². The van der Waals surface area contributed by atoms with Crippen molar-refractivity contribution in [3.8, 4) is 11.8 Å². The summed E-state index contributed by atoms with van der Waals surface area (Å²) in [6.45, 7) is -0.287. The summed E-state index contributed by atoms with van der Waals surface area (Å²) in [5, 5.41) is 9.63.